The van der Waals surface area contributed by atoms with Gasteiger partial charge in [-0.3, -0.25) is 14.4 Å². The minimum atomic E-state index is -0.911. The van der Waals surface area contributed by atoms with Crippen LogP contribution in [0.25, 0.3) is 10.9 Å². The van der Waals surface area contributed by atoms with Gasteiger partial charge in [-0.05, 0) is 43.2 Å². The van der Waals surface area contributed by atoms with Crippen LogP contribution in [0.4, 0.5) is 0 Å². The number of unbranched alkanes of at least 4 members (excludes halogenated alkanes) is 1. The van der Waals surface area contributed by atoms with Crippen LogP contribution in [0.3, 0.4) is 0 Å². The molecule has 1 aliphatic heterocycles. The Kier molecular flexibility index (Phi) is 10.3. The first-order valence-corrected chi connectivity index (χ1v) is 13.7. The molecule has 0 saturated carbocycles. The number of rotatable bonds is 8. The van der Waals surface area contributed by atoms with Gasteiger partial charge < -0.3 is 25.7 Å². The van der Waals surface area contributed by atoms with Crippen molar-refractivity contribution < 1.29 is 23.9 Å². The fourth-order valence-electron chi connectivity index (χ4n) is 4.83. The Morgan fingerprint density at radius 2 is 1.71 bits per heavy atom. The number of carbonyl (C=O) groups excluding carboxylic acids is 4. The second-order valence-electron chi connectivity index (χ2n) is 10.9. The largest absolute Gasteiger partial charge is 0.460 e. The second-order valence-corrected chi connectivity index (χ2v) is 10.9. The number of esters is 1. The maximum Gasteiger partial charge on any atom is 0.328 e. The first-order valence-electron chi connectivity index (χ1n) is 13.7. The molecule has 0 radical (unpaired) electrons. The molecule has 9 nitrogen and oxygen atoms in total. The van der Waals surface area contributed by atoms with Crippen LogP contribution in [0, 0.1) is 11.8 Å². The van der Waals surface area contributed by atoms with E-state index in [1.807, 2.05) is 51.2 Å². The fourth-order valence-corrected chi connectivity index (χ4v) is 4.83. The van der Waals surface area contributed by atoms with Gasteiger partial charge in [-0.15, -0.1) is 0 Å². The first-order chi connectivity index (χ1) is 18.1. The monoisotopic (exact) mass is 526 g/mol. The summed E-state index contributed by atoms with van der Waals surface area (Å²) >= 11 is 0. The van der Waals surface area contributed by atoms with Crippen molar-refractivity contribution in [3.63, 3.8) is 0 Å². The molecule has 1 aliphatic rings. The highest BCUT2D eigenvalue weighted by Gasteiger charge is 2.34. The summed E-state index contributed by atoms with van der Waals surface area (Å²) < 4.78 is 5.89. The minimum Gasteiger partial charge on any atom is -0.460 e. The first kappa shape index (κ1) is 29.2. The van der Waals surface area contributed by atoms with Gasteiger partial charge in [-0.25, -0.2) is 4.79 Å². The van der Waals surface area contributed by atoms with E-state index in [-0.39, 0.29) is 30.6 Å². The molecule has 0 unspecified atom stereocenters. The molecule has 2 heterocycles. The van der Waals surface area contributed by atoms with Crippen molar-refractivity contribution in [1.29, 1.82) is 0 Å². The molecule has 1 aromatic carbocycles. The molecule has 208 valence electrons. The molecule has 0 spiro atoms. The maximum atomic E-state index is 13.3. The molecule has 0 bridgehead atoms. The molecule has 3 rings (SSSR count). The number of para-hydroxylation sites is 1. The van der Waals surface area contributed by atoms with Crippen LogP contribution in [-0.2, 0) is 30.3 Å². The number of carbonyl (C=O) groups is 4. The third-order valence-electron chi connectivity index (χ3n) is 7.11. The summed E-state index contributed by atoms with van der Waals surface area (Å²) in [6, 6.07) is 5.05. The second kappa shape index (κ2) is 13.4. The highest BCUT2D eigenvalue weighted by Crippen LogP contribution is 2.22. The molecule has 1 aromatic heterocycles. The molecule has 0 aliphatic carbocycles. The number of hydrogen-bond donors (Lipinski definition) is 4. The van der Waals surface area contributed by atoms with Crippen LogP contribution >= 0.6 is 0 Å². The van der Waals surface area contributed by atoms with Gasteiger partial charge >= 0.3 is 5.97 Å². The van der Waals surface area contributed by atoms with Crippen LogP contribution in [0.5, 0.6) is 0 Å². The molecule has 2 aromatic rings. The number of amides is 3. The highest BCUT2D eigenvalue weighted by molar-refractivity contribution is 5.94. The summed E-state index contributed by atoms with van der Waals surface area (Å²) in [5.41, 5.74) is 1.80. The lowest BCUT2D eigenvalue weighted by Gasteiger charge is -2.27. The van der Waals surface area contributed by atoms with Crippen LogP contribution in [-0.4, -0.2) is 52.9 Å². The third kappa shape index (κ3) is 7.82. The van der Waals surface area contributed by atoms with Crippen molar-refractivity contribution >= 4 is 34.6 Å². The Labute approximate surface area is 224 Å². The Morgan fingerprint density at radius 3 is 2.42 bits per heavy atom. The number of aromatic nitrogens is 1. The number of cyclic esters (lactones) is 1. The molecule has 38 heavy (non-hydrogen) atoms. The molecule has 1 fully saturated rings. The Morgan fingerprint density at radius 1 is 0.974 bits per heavy atom. The van der Waals surface area contributed by atoms with E-state index in [2.05, 4.69) is 27.9 Å². The van der Waals surface area contributed by atoms with Gasteiger partial charge in [-0.2, -0.15) is 0 Å². The summed E-state index contributed by atoms with van der Waals surface area (Å²) in [6.07, 6.45) is 4.43. The maximum absolute atomic E-state index is 13.3. The van der Waals surface area contributed by atoms with E-state index in [1.165, 1.54) is 0 Å². The number of aromatic amines is 1. The summed E-state index contributed by atoms with van der Waals surface area (Å²) in [4.78, 5) is 56.0. The van der Waals surface area contributed by atoms with Gasteiger partial charge in [0.1, 0.15) is 24.2 Å². The Bertz CT molecular complexity index is 1130. The van der Waals surface area contributed by atoms with E-state index in [0.717, 1.165) is 35.7 Å². The van der Waals surface area contributed by atoms with Crippen molar-refractivity contribution in [3.8, 4) is 0 Å². The van der Waals surface area contributed by atoms with E-state index >= 15 is 0 Å². The smallest absolute Gasteiger partial charge is 0.328 e. The molecule has 1 saturated heterocycles. The molecular formula is C29H42N4O5. The molecular weight excluding hydrogens is 484 g/mol. The third-order valence-corrected chi connectivity index (χ3v) is 7.11. The van der Waals surface area contributed by atoms with Gasteiger partial charge in [0.15, 0.2) is 0 Å². The Hall–Kier alpha value is -3.36. The average molecular weight is 527 g/mol. The molecule has 3 amide bonds. The predicted octanol–water partition coefficient (Wildman–Crippen LogP) is 3.37. The summed E-state index contributed by atoms with van der Waals surface area (Å²) in [5.74, 6) is -1.82. The Balaban J connectivity index is 1.91. The topological polar surface area (TPSA) is 129 Å². The van der Waals surface area contributed by atoms with Crippen LogP contribution in [0.2, 0.25) is 0 Å². The number of hydrogen-bond acceptors (Lipinski definition) is 5. The summed E-state index contributed by atoms with van der Waals surface area (Å²) in [7, 11) is 0. The molecule has 5 atom stereocenters. The van der Waals surface area contributed by atoms with Gasteiger partial charge in [0.25, 0.3) is 0 Å². The van der Waals surface area contributed by atoms with Crippen molar-refractivity contribution in [2.24, 2.45) is 11.8 Å². The van der Waals surface area contributed by atoms with Crippen molar-refractivity contribution in [2.45, 2.75) is 97.4 Å². The van der Waals surface area contributed by atoms with Crippen LogP contribution in [0.15, 0.2) is 30.5 Å². The lowest BCUT2D eigenvalue weighted by atomic mass is 9.95. The van der Waals surface area contributed by atoms with Gasteiger partial charge in [0.05, 0.1) is 6.42 Å². The van der Waals surface area contributed by atoms with E-state index in [0.29, 0.717) is 6.42 Å². The van der Waals surface area contributed by atoms with Gasteiger partial charge in [0.2, 0.25) is 17.7 Å². The predicted molar refractivity (Wildman–Crippen MR) is 146 cm³/mol. The summed E-state index contributed by atoms with van der Waals surface area (Å²) in [5, 5.41) is 9.30. The quantitative estimate of drug-likeness (QED) is 0.392. The zero-order valence-corrected chi connectivity index (χ0v) is 23.1. The van der Waals surface area contributed by atoms with Crippen molar-refractivity contribution in [2.75, 3.05) is 0 Å². The SMILES string of the molecule is CCCC[C@H](C)[C@H]1CC(=O)N[C@@H](Cc2c[nH]c3ccccc23)C(=O)N[C@@H](C)C(=O)N[C@H](CC(C)C)C(=O)O1. The van der Waals surface area contributed by atoms with Crippen LogP contribution < -0.4 is 16.0 Å². The standard InChI is InChI=1S/C29H42N4O5/c1-6-7-10-18(4)25-15-26(34)32-23(14-20-16-30-22-12-9-8-11-21(20)22)28(36)31-19(5)27(35)33-24(13-17(2)3)29(37)38-25/h8-9,11-12,16-19,23-25,30H,6-7,10,13-15H2,1-5H3,(H,31,36)(H,32,34)(H,33,35)/t18-,19-,23-,24+,25+/m0/s1. The number of fused-ring (bicyclic) bond motifs is 1. The normalized spacial score (nSPS) is 24.5. The van der Waals surface area contributed by atoms with Crippen LogP contribution in [0.1, 0.15) is 72.3 Å². The average Bonchev–Trinajstić information content (AvgIpc) is 3.27. The lowest BCUT2D eigenvalue weighted by molar-refractivity contribution is -0.157. The number of benzene rings is 1. The molecule has 4 N–H and O–H groups in total. The van der Waals surface area contributed by atoms with Crippen molar-refractivity contribution in [3.05, 3.63) is 36.0 Å². The number of ether oxygens (including phenoxy) is 1. The van der Waals surface area contributed by atoms with E-state index < -0.39 is 42.0 Å². The van der Waals surface area contributed by atoms with E-state index in [4.69, 9.17) is 4.74 Å². The van der Waals surface area contributed by atoms with Gasteiger partial charge in [-0.1, -0.05) is 58.7 Å². The highest BCUT2D eigenvalue weighted by atomic mass is 16.5. The minimum absolute atomic E-state index is 0.0633. The number of H-pyrrole nitrogens is 1. The summed E-state index contributed by atoms with van der Waals surface area (Å²) in [6.45, 7) is 9.52. The van der Waals surface area contributed by atoms with Gasteiger partial charge in [0, 0.05) is 23.5 Å². The molecule has 9 heteroatoms. The zero-order chi connectivity index (χ0) is 27.8. The lowest BCUT2D eigenvalue weighted by Crippen LogP contribution is -2.55. The van der Waals surface area contributed by atoms with E-state index in [9.17, 15) is 19.2 Å². The van der Waals surface area contributed by atoms with Crippen molar-refractivity contribution in [1.82, 2.24) is 20.9 Å². The fraction of sp³-hybridized carbons (Fsp3) is 0.586. The van der Waals surface area contributed by atoms with E-state index in [1.54, 1.807) is 6.92 Å². The zero-order valence-electron chi connectivity index (χ0n) is 23.1. The number of nitrogens with one attached hydrogen (secondary N) is 4.